The second-order valence-corrected chi connectivity index (χ2v) is 6.40. The van der Waals surface area contributed by atoms with Crippen LogP contribution in [-0.2, 0) is 9.53 Å². The van der Waals surface area contributed by atoms with Gasteiger partial charge >= 0.3 is 5.97 Å². The van der Waals surface area contributed by atoms with Crippen molar-refractivity contribution in [2.24, 2.45) is 5.92 Å². The quantitative estimate of drug-likeness (QED) is 0.782. The standard InChI is InChI=1S/C14H19NO3S/c1-9-7-12(10(2)19-9)13(16)15-6-4-5-11(8-15)14(17)18-3/h7,11H,4-6,8H2,1-3H3. The molecule has 2 rings (SSSR count). The van der Waals surface area contributed by atoms with Crippen molar-refractivity contribution in [1.29, 1.82) is 0 Å². The van der Waals surface area contributed by atoms with Crippen LogP contribution in [-0.4, -0.2) is 37.0 Å². The number of likely N-dealkylation sites (tertiary alicyclic amines) is 1. The van der Waals surface area contributed by atoms with Crippen molar-refractivity contribution in [2.75, 3.05) is 20.2 Å². The summed E-state index contributed by atoms with van der Waals surface area (Å²) in [7, 11) is 1.40. The molecular formula is C14H19NO3S. The Kier molecular flexibility index (Phi) is 4.24. The lowest BCUT2D eigenvalue weighted by Gasteiger charge is -2.31. The van der Waals surface area contributed by atoms with Gasteiger partial charge in [-0.25, -0.2) is 0 Å². The number of hydrogen-bond donors (Lipinski definition) is 0. The number of hydrogen-bond acceptors (Lipinski definition) is 4. The third-order valence-corrected chi connectivity index (χ3v) is 4.48. The Morgan fingerprint density at radius 3 is 2.74 bits per heavy atom. The first-order valence-corrected chi connectivity index (χ1v) is 7.28. The van der Waals surface area contributed by atoms with Crippen LogP contribution in [0, 0.1) is 19.8 Å². The van der Waals surface area contributed by atoms with Crippen molar-refractivity contribution in [3.05, 3.63) is 21.4 Å². The zero-order valence-electron chi connectivity index (χ0n) is 11.6. The minimum atomic E-state index is -0.212. The molecule has 0 aromatic carbocycles. The number of aryl methyl sites for hydroxylation is 2. The van der Waals surface area contributed by atoms with Gasteiger partial charge in [-0.05, 0) is 32.8 Å². The molecule has 1 unspecified atom stereocenters. The zero-order valence-corrected chi connectivity index (χ0v) is 12.4. The fraction of sp³-hybridized carbons (Fsp3) is 0.571. The van der Waals surface area contributed by atoms with E-state index in [4.69, 9.17) is 4.74 Å². The Balaban J connectivity index is 2.11. The number of amides is 1. The van der Waals surface area contributed by atoms with Crippen LogP contribution < -0.4 is 0 Å². The summed E-state index contributed by atoms with van der Waals surface area (Å²) in [5.41, 5.74) is 0.771. The molecule has 0 aliphatic carbocycles. The highest BCUT2D eigenvalue weighted by molar-refractivity contribution is 7.12. The van der Waals surface area contributed by atoms with Crippen molar-refractivity contribution in [3.63, 3.8) is 0 Å². The molecule has 1 atom stereocenters. The summed E-state index contributed by atoms with van der Waals surface area (Å²) < 4.78 is 4.78. The average Bonchev–Trinajstić information content (AvgIpc) is 2.76. The Bertz CT molecular complexity index is 495. The van der Waals surface area contributed by atoms with Crippen LogP contribution in [0.4, 0.5) is 0 Å². The summed E-state index contributed by atoms with van der Waals surface area (Å²) in [6.07, 6.45) is 1.66. The van der Waals surface area contributed by atoms with Crippen LogP contribution in [0.3, 0.4) is 0 Å². The fourth-order valence-electron chi connectivity index (χ4n) is 2.53. The van der Waals surface area contributed by atoms with E-state index in [1.54, 1.807) is 16.2 Å². The number of thiophene rings is 1. The van der Waals surface area contributed by atoms with Gasteiger partial charge in [0.15, 0.2) is 0 Å². The van der Waals surface area contributed by atoms with E-state index >= 15 is 0 Å². The van der Waals surface area contributed by atoms with Gasteiger partial charge in [0.1, 0.15) is 0 Å². The van der Waals surface area contributed by atoms with Gasteiger partial charge in [0.2, 0.25) is 0 Å². The molecule has 1 aromatic rings. The predicted octanol–water partition coefficient (Wildman–Crippen LogP) is 2.39. The molecule has 0 bridgehead atoms. The van der Waals surface area contributed by atoms with E-state index < -0.39 is 0 Å². The van der Waals surface area contributed by atoms with E-state index in [2.05, 4.69) is 0 Å². The normalized spacial score (nSPS) is 19.3. The van der Waals surface area contributed by atoms with Crippen molar-refractivity contribution in [1.82, 2.24) is 4.90 Å². The third-order valence-electron chi connectivity index (χ3n) is 3.51. The molecule has 2 heterocycles. The van der Waals surface area contributed by atoms with Crippen LogP contribution in [0.5, 0.6) is 0 Å². The number of rotatable bonds is 2. The molecule has 1 aliphatic heterocycles. The Labute approximate surface area is 117 Å². The Morgan fingerprint density at radius 1 is 1.42 bits per heavy atom. The maximum absolute atomic E-state index is 12.5. The van der Waals surface area contributed by atoms with Crippen LogP contribution in [0.25, 0.3) is 0 Å². The van der Waals surface area contributed by atoms with Crippen LogP contribution in [0.2, 0.25) is 0 Å². The van der Waals surface area contributed by atoms with E-state index in [-0.39, 0.29) is 17.8 Å². The summed E-state index contributed by atoms with van der Waals surface area (Å²) in [5.74, 6) is -0.353. The number of esters is 1. The van der Waals surface area contributed by atoms with E-state index in [9.17, 15) is 9.59 Å². The molecule has 0 N–H and O–H groups in total. The molecule has 4 nitrogen and oxygen atoms in total. The summed E-state index contributed by atoms with van der Waals surface area (Å²) >= 11 is 1.63. The first-order valence-electron chi connectivity index (χ1n) is 6.47. The molecular weight excluding hydrogens is 262 g/mol. The number of carbonyl (C=O) groups is 2. The van der Waals surface area contributed by atoms with Gasteiger partial charge in [0.05, 0.1) is 18.6 Å². The van der Waals surface area contributed by atoms with Crippen LogP contribution >= 0.6 is 11.3 Å². The van der Waals surface area contributed by atoms with Crippen molar-refractivity contribution in [3.8, 4) is 0 Å². The molecule has 5 heteroatoms. The molecule has 19 heavy (non-hydrogen) atoms. The largest absolute Gasteiger partial charge is 0.469 e. The number of ether oxygens (including phenoxy) is 1. The highest BCUT2D eigenvalue weighted by atomic mass is 32.1. The molecule has 1 aromatic heterocycles. The van der Waals surface area contributed by atoms with E-state index in [1.165, 1.54) is 7.11 Å². The van der Waals surface area contributed by atoms with Gasteiger partial charge in [-0.1, -0.05) is 0 Å². The third kappa shape index (κ3) is 2.97. The maximum atomic E-state index is 12.5. The van der Waals surface area contributed by atoms with Gasteiger partial charge in [0, 0.05) is 22.8 Å². The first-order chi connectivity index (χ1) is 9.02. The van der Waals surface area contributed by atoms with E-state index in [0.717, 1.165) is 34.7 Å². The van der Waals surface area contributed by atoms with Gasteiger partial charge in [-0.15, -0.1) is 11.3 Å². The molecule has 1 fully saturated rings. The predicted molar refractivity (Wildman–Crippen MR) is 74.4 cm³/mol. The van der Waals surface area contributed by atoms with Gasteiger partial charge < -0.3 is 9.64 Å². The molecule has 1 aliphatic rings. The Hall–Kier alpha value is -1.36. The van der Waals surface area contributed by atoms with Crippen LogP contribution in [0.15, 0.2) is 6.07 Å². The number of piperidine rings is 1. The second-order valence-electron chi connectivity index (χ2n) is 4.94. The number of nitrogens with zero attached hydrogens (tertiary/aromatic N) is 1. The number of carbonyl (C=O) groups excluding carboxylic acids is 2. The van der Waals surface area contributed by atoms with Crippen molar-refractivity contribution in [2.45, 2.75) is 26.7 Å². The number of methoxy groups -OCH3 is 1. The molecule has 104 valence electrons. The average molecular weight is 281 g/mol. The molecule has 1 saturated heterocycles. The lowest BCUT2D eigenvalue weighted by molar-refractivity contribution is -0.146. The zero-order chi connectivity index (χ0) is 14.0. The van der Waals surface area contributed by atoms with E-state index in [0.29, 0.717) is 6.54 Å². The van der Waals surface area contributed by atoms with Gasteiger partial charge in [-0.3, -0.25) is 9.59 Å². The molecule has 0 saturated carbocycles. The maximum Gasteiger partial charge on any atom is 0.310 e. The fourth-order valence-corrected chi connectivity index (χ4v) is 3.45. The van der Waals surface area contributed by atoms with Crippen molar-refractivity contribution < 1.29 is 14.3 Å². The first kappa shape index (κ1) is 14.1. The molecule has 0 spiro atoms. The Morgan fingerprint density at radius 2 is 2.16 bits per heavy atom. The monoisotopic (exact) mass is 281 g/mol. The summed E-state index contributed by atoms with van der Waals surface area (Å²) in [5, 5.41) is 0. The summed E-state index contributed by atoms with van der Waals surface area (Å²) in [4.78, 5) is 28.0. The van der Waals surface area contributed by atoms with Crippen molar-refractivity contribution >= 4 is 23.2 Å². The summed E-state index contributed by atoms with van der Waals surface area (Å²) in [6, 6.07) is 1.93. The lowest BCUT2D eigenvalue weighted by Crippen LogP contribution is -2.42. The second kappa shape index (κ2) is 5.74. The summed E-state index contributed by atoms with van der Waals surface area (Å²) in [6.45, 7) is 5.16. The van der Waals surface area contributed by atoms with Crippen LogP contribution in [0.1, 0.15) is 33.0 Å². The molecule has 0 radical (unpaired) electrons. The highest BCUT2D eigenvalue weighted by Crippen LogP contribution is 2.25. The van der Waals surface area contributed by atoms with Gasteiger partial charge in [-0.2, -0.15) is 0 Å². The topological polar surface area (TPSA) is 46.6 Å². The molecule has 1 amide bonds. The highest BCUT2D eigenvalue weighted by Gasteiger charge is 2.30. The minimum absolute atomic E-state index is 0.0375. The van der Waals surface area contributed by atoms with E-state index in [1.807, 2.05) is 19.9 Å². The SMILES string of the molecule is COC(=O)C1CCCN(C(=O)c2cc(C)sc2C)C1. The minimum Gasteiger partial charge on any atom is -0.469 e. The van der Waals surface area contributed by atoms with Gasteiger partial charge in [0.25, 0.3) is 5.91 Å². The smallest absolute Gasteiger partial charge is 0.310 e. The lowest BCUT2D eigenvalue weighted by atomic mass is 9.97.